The molecule has 2 amide bonds. The van der Waals surface area contributed by atoms with Crippen molar-refractivity contribution >= 4 is 39.6 Å². The summed E-state index contributed by atoms with van der Waals surface area (Å²) in [7, 11) is 0. The number of aliphatic hydroxyl groups is 2. The van der Waals surface area contributed by atoms with Gasteiger partial charge in [0.15, 0.2) is 5.60 Å². The Labute approximate surface area is 179 Å². The van der Waals surface area contributed by atoms with Crippen LogP contribution in [0, 0.1) is 5.92 Å². The van der Waals surface area contributed by atoms with Gasteiger partial charge in [-0.3, -0.25) is 14.5 Å². The molecule has 0 unspecified atom stereocenters. The number of benzene rings is 3. The van der Waals surface area contributed by atoms with Gasteiger partial charge in [-0.2, -0.15) is 0 Å². The van der Waals surface area contributed by atoms with Gasteiger partial charge in [-0.15, -0.1) is 0 Å². The van der Waals surface area contributed by atoms with E-state index < -0.39 is 17.4 Å². The Morgan fingerprint density at radius 3 is 2.68 bits per heavy atom. The van der Waals surface area contributed by atoms with Gasteiger partial charge in [-0.1, -0.05) is 43.3 Å². The van der Waals surface area contributed by atoms with Gasteiger partial charge in [-0.05, 0) is 42.1 Å². The molecule has 0 radical (unpaired) electrons. The second-order valence-corrected chi connectivity index (χ2v) is 8.00. The van der Waals surface area contributed by atoms with Crippen molar-refractivity contribution in [3.63, 3.8) is 0 Å². The molecule has 0 bridgehead atoms. The summed E-state index contributed by atoms with van der Waals surface area (Å²) in [5.41, 5.74) is 1.22. The van der Waals surface area contributed by atoms with Crippen molar-refractivity contribution in [2.45, 2.75) is 18.9 Å². The third kappa shape index (κ3) is 2.72. The van der Waals surface area contributed by atoms with Gasteiger partial charge >= 0.3 is 0 Å². The van der Waals surface area contributed by atoms with Gasteiger partial charge in [-0.25, -0.2) is 0 Å². The lowest BCUT2D eigenvalue weighted by atomic mass is 9.82. The van der Waals surface area contributed by atoms with Gasteiger partial charge in [0.1, 0.15) is 0 Å². The Hall–Kier alpha value is -3.48. The third-order valence-corrected chi connectivity index (χ3v) is 6.20. The van der Waals surface area contributed by atoms with E-state index in [0.29, 0.717) is 28.9 Å². The number of hydrogen-bond donors (Lipinski definition) is 3. The first kappa shape index (κ1) is 19.5. The molecule has 2 aliphatic heterocycles. The molecule has 2 atom stereocenters. The molecular weight excluding hydrogens is 392 g/mol. The number of rotatable bonds is 5. The largest absolute Gasteiger partial charge is 0.396 e. The number of fused-ring (bicyclic) bond motifs is 1. The van der Waals surface area contributed by atoms with E-state index in [-0.39, 0.29) is 12.5 Å². The standard InChI is InChI=1S/C25H22N2O4/c1-15(6-2-3-13-28)25(31)19-14-17(11-12-20(19)26-24(25)30)27-21-10-5-8-16-7-4-9-18(22(16)21)23(27)29/h2,4-12,14-15,28,31H,3,13H2,1H3,(H,26,30)/b6-2+/t15-,25+/m1/s1. The van der Waals surface area contributed by atoms with Gasteiger partial charge in [0.2, 0.25) is 0 Å². The quantitative estimate of drug-likeness (QED) is 0.553. The van der Waals surface area contributed by atoms with Crippen LogP contribution >= 0.6 is 0 Å². The van der Waals surface area contributed by atoms with Crippen LogP contribution in [0.5, 0.6) is 0 Å². The summed E-state index contributed by atoms with van der Waals surface area (Å²) in [6, 6.07) is 16.7. The van der Waals surface area contributed by atoms with Gasteiger partial charge in [0.05, 0.1) is 11.3 Å². The molecule has 5 rings (SSSR count). The number of nitrogens with zero attached hydrogens (tertiary/aromatic N) is 1. The first-order chi connectivity index (χ1) is 15.0. The summed E-state index contributed by atoms with van der Waals surface area (Å²) in [5, 5.41) is 25.1. The van der Waals surface area contributed by atoms with E-state index in [2.05, 4.69) is 5.32 Å². The number of amides is 2. The maximum absolute atomic E-state index is 13.3. The summed E-state index contributed by atoms with van der Waals surface area (Å²) in [5.74, 6) is -1.16. The normalized spacial score (nSPS) is 20.5. The zero-order chi connectivity index (χ0) is 21.8. The molecule has 0 fully saturated rings. The van der Waals surface area contributed by atoms with Crippen LogP contribution in [0.15, 0.2) is 66.7 Å². The number of hydrogen-bond acceptors (Lipinski definition) is 4. The SMILES string of the molecule is C[C@H](/C=C/CCO)[C@@]1(O)C(=O)Nc2ccc(N3C(=O)c4cccc5cccc3c45)cc21. The summed E-state index contributed by atoms with van der Waals surface area (Å²) in [6.45, 7) is 1.75. The minimum Gasteiger partial charge on any atom is -0.396 e. The summed E-state index contributed by atoms with van der Waals surface area (Å²) in [4.78, 5) is 27.6. The van der Waals surface area contributed by atoms with Crippen LogP contribution in [0.25, 0.3) is 10.8 Å². The van der Waals surface area contributed by atoms with Crippen molar-refractivity contribution in [3.8, 4) is 0 Å². The minimum atomic E-state index is -1.76. The van der Waals surface area contributed by atoms with E-state index in [1.54, 1.807) is 42.2 Å². The molecule has 0 saturated carbocycles. The zero-order valence-corrected chi connectivity index (χ0v) is 17.0. The summed E-state index contributed by atoms with van der Waals surface area (Å²) >= 11 is 0. The molecule has 3 aromatic rings. The highest BCUT2D eigenvalue weighted by atomic mass is 16.3. The first-order valence-electron chi connectivity index (χ1n) is 10.3. The van der Waals surface area contributed by atoms with Crippen molar-refractivity contribution < 1.29 is 19.8 Å². The van der Waals surface area contributed by atoms with Crippen LogP contribution in [-0.4, -0.2) is 28.6 Å². The maximum Gasteiger partial charge on any atom is 0.263 e. The molecule has 156 valence electrons. The number of anilines is 3. The zero-order valence-electron chi connectivity index (χ0n) is 17.0. The lowest BCUT2D eigenvalue weighted by Gasteiger charge is -2.27. The van der Waals surface area contributed by atoms with Gasteiger partial charge < -0.3 is 15.5 Å². The van der Waals surface area contributed by atoms with Crippen LogP contribution in [0.3, 0.4) is 0 Å². The Balaban J connectivity index is 1.61. The van der Waals surface area contributed by atoms with Crippen molar-refractivity contribution in [3.05, 3.63) is 77.9 Å². The van der Waals surface area contributed by atoms with Crippen molar-refractivity contribution in [2.24, 2.45) is 5.92 Å². The third-order valence-electron chi connectivity index (χ3n) is 6.20. The van der Waals surface area contributed by atoms with Gasteiger partial charge in [0, 0.05) is 34.8 Å². The van der Waals surface area contributed by atoms with Crippen molar-refractivity contribution in [1.82, 2.24) is 0 Å². The van der Waals surface area contributed by atoms with E-state index in [1.165, 1.54) is 0 Å². The Morgan fingerprint density at radius 1 is 1.13 bits per heavy atom. The molecule has 6 nitrogen and oxygen atoms in total. The second-order valence-electron chi connectivity index (χ2n) is 8.00. The molecular formula is C25H22N2O4. The molecule has 3 N–H and O–H groups in total. The second kappa shape index (κ2) is 7.04. The smallest absolute Gasteiger partial charge is 0.263 e. The van der Waals surface area contributed by atoms with Crippen molar-refractivity contribution in [1.29, 1.82) is 0 Å². The molecule has 0 aromatic heterocycles. The molecule has 31 heavy (non-hydrogen) atoms. The molecule has 3 aromatic carbocycles. The summed E-state index contributed by atoms with van der Waals surface area (Å²) in [6.07, 6.45) is 3.92. The Morgan fingerprint density at radius 2 is 1.90 bits per heavy atom. The Kier molecular flexibility index (Phi) is 4.43. The van der Waals surface area contributed by atoms with E-state index in [9.17, 15) is 14.7 Å². The fourth-order valence-corrected chi connectivity index (χ4v) is 4.57. The predicted molar refractivity (Wildman–Crippen MR) is 119 cm³/mol. The minimum absolute atomic E-state index is 0.00223. The number of nitrogens with one attached hydrogen (secondary N) is 1. The van der Waals surface area contributed by atoms with Crippen molar-refractivity contribution in [2.75, 3.05) is 16.8 Å². The summed E-state index contributed by atoms with van der Waals surface area (Å²) < 4.78 is 0. The topological polar surface area (TPSA) is 89.9 Å². The molecule has 2 aliphatic rings. The molecule has 0 aliphatic carbocycles. The highest BCUT2D eigenvalue weighted by molar-refractivity contribution is 6.28. The average Bonchev–Trinajstić information content (AvgIpc) is 3.21. The highest BCUT2D eigenvalue weighted by Crippen LogP contribution is 2.46. The van der Waals surface area contributed by atoms with Crippen LogP contribution in [0.2, 0.25) is 0 Å². The lowest BCUT2D eigenvalue weighted by molar-refractivity contribution is -0.137. The van der Waals surface area contributed by atoms with Gasteiger partial charge in [0.25, 0.3) is 11.8 Å². The van der Waals surface area contributed by atoms with Crippen LogP contribution < -0.4 is 10.2 Å². The number of aliphatic hydroxyl groups excluding tert-OH is 1. The molecule has 2 heterocycles. The monoisotopic (exact) mass is 414 g/mol. The van der Waals surface area contributed by atoms with E-state index in [4.69, 9.17) is 5.11 Å². The van der Waals surface area contributed by atoms with E-state index in [0.717, 1.165) is 16.5 Å². The van der Waals surface area contributed by atoms with Crippen LogP contribution in [0.1, 0.15) is 29.3 Å². The predicted octanol–water partition coefficient (Wildman–Crippen LogP) is 3.85. The molecule has 0 spiro atoms. The fraction of sp³-hybridized carbons (Fsp3) is 0.200. The number of carbonyl (C=O) groups excluding carboxylic acids is 2. The highest BCUT2D eigenvalue weighted by Gasteiger charge is 2.49. The molecule has 0 saturated heterocycles. The first-order valence-corrected chi connectivity index (χ1v) is 10.3. The fourth-order valence-electron chi connectivity index (χ4n) is 4.57. The molecule has 6 heteroatoms. The average molecular weight is 414 g/mol. The Bertz CT molecular complexity index is 1260. The van der Waals surface area contributed by atoms with Crippen LogP contribution in [-0.2, 0) is 10.4 Å². The van der Waals surface area contributed by atoms with Crippen LogP contribution in [0.4, 0.5) is 17.1 Å². The number of carbonyl (C=O) groups is 2. The van der Waals surface area contributed by atoms with E-state index in [1.807, 2.05) is 36.4 Å². The lowest BCUT2D eigenvalue weighted by Crippen LogP contribution is -2.39. The van der Waals surface area contributed by atoms with E-state index >= 15 is 0 Å². The maximum atomic E-state index is 13.3.